The second-order valence-electron chi connectivity index (χ2n) is 6.95. The van der Waals surface area contributed by atoms with Crippen LogP contribution in [0.1, 0.15) is 37.7 Å². The Kier molecular flexibility index (Phi) is 7.19. The first-order chi connectivity index (χ1) is 11.2. The average Bonchev–Trinajstić information content (AvgIpc) is 3.22. The van der Waals surface area contributed by atoms with Gasteiger partial charge in [0.2, 0.25) is 0 Å². The van der Waals surface area contributed by atoms with Crippen LogP contribution in [0.15, 0.2) is 29.3 Å². The monoisotopic (exact) mass is 443 g/mol. The summed E-state index contributed by atoms with van der Waals surface area (Å²) in [4.78, 5) is 6.95. The molecule has 0 amide bonds. The number of likely N-dealkylation sites (tertiary alicyclic amines) is 1. The molecule has 1 saturated heterocycles. The number of halogens is 1. The number of rotatable bonds is 4. The van der Waals surface area contributed by atoms with Crippen molar-refractivity contribution in [1.29, 1.82) is 0 Å². The molecule has 0 aromatic heterocycles. The molecule has 24 heavy (non-hydrogen) atoms. The van der Waals surface area contributed by atoms with E-state index in [0.717, 1.165) is 31.2 Å². The first-order valence-corrected chi connectivity index (χ1v) is 8.83. The van der Waals surface area contributed by atoms with E-state index >= 15 is 0 Å². The number of aliphatic imine (C=N–C) groups is 1. The van der Waals surface area contributed by atoms with Crippen molar-refractivity contribution in [3.05, 3.63) is 29.8 Å². The van der Waals surface area contributed by atoms with Crippen LogP contribution in [-0.2, 0) is 6.42 Å². The molecule has 0 unspecified atom stereocenters. The van der Waals surface area contributed by atoms with Crippen LogP contribution in [0.4, 0.5) is 0 Å². The lowest BCUT2D eigenvalue weighted by molar-refractivity contribution is 0.309. The van der Waals surface area contributed by atoms with Gasteiger partial charge in [-0.25, -0.2) is 0 Å². The molecule has 0 atom stereocenters. The van der Waals surface area contributed by atoms with Crippen molar-refractivity contribution < 1.29 is 4.74 Å². The Labute approximate surface area is 163 Å². The molecule has 4 nitrogen and oxygen atoms in total. The molecule has 1 heterocycles. The Morgan fingerprint density at radius 2 is 1.92 bits per heavy atom. The van der Waals surface area contributed by atoms with E-state index in [-0.39, 0.29) is 24.0 Å². The average molecular weight is 443 g/mol. The summed E-state index contributed by atoms with van der Waals surface area (Å²) in [6.45, 7) is 3.26. The van der Waals surface area contributed by atoms with Crippen molar-refractivity contribution in [3.63, 3.8) is 0 Å². The van der Waals surface area contributed by atoms with Crippen molar-refractivity contribution in [2.24, 2.45) is 10.4 Å². The smallest absolute Gasteiger partial charge is 0.193 e. The number of methoxy groups -OCH3 is 1. The molecule has 0 bridgehead atoms. The van der Waals surface area contributed by atoms with Gasteiger partial charge in [0.1, 0.15) is 5.75 Å². The number of hydrogen-bond donors (Lipinski definition) is 1. The molecule has 5 heteroatoms. The first-order valence-electron chi connectivity index (χ1n) is 8.83. The second-order valence-corrected chi connectivity index (χ2v) is 6.95. The molecule has 2 aliphatic rings. The fraction of sp³-hybridized carbons (Fsp3) is 0.632. The lowest BCUT2D eigenvalue weighted by Gasteiger charge is -2.26. The van der Waals surface area contributed by atoms with Crippen molar-refractivity contribution in [2.45, 2.75) is 38.5 Å². The van der Waals surface area contributed by atoms with Gasteiger partial charge in [0.05, 0.1) is 7.11 Å². The van der Waals surface area contributed by atoms with Gasteiger partial charge in [0.15, 0.2) is 5.96 Å². The zero-order valence-electron chi connectivity index (χ0n) is 14.9. The van der Waals surface area contributed by atoms with Gasteiger partial charge in [-0.15, -0.1) is 24.0 Å². The Morgan fingerprint density at radius 1 is 1.21 bits per heavy atom. The zero-order valence-corrected chi connectivity index (χ0v) is 17.2. The van der Waals surface area contributed by atoms with Gasteiger partial charge in [-0.2, -0.15) is 0 Å². The van der Waals surface area contributed by atoms with Gasteiger partial charge in [-0.3, -0.25) is 4.99 Å². The minimum absolute atomic E-state index is 0. The maximum absolute atomic E-state index is 5.20. The molecular weight excluding hydrogens is 413 g/mol. The number of guanidine groups is 1. The van der Waals surface area contributed by atoms with Gasteiger partial charge in [-0.1, -0.05) is 25.0 Å². The van der Waals surface area contributed by atoms with Crippen LogP contribution in [0.5, 0.6) is 5.75 Å². The molecule has 0 radical (unpaired) electrons. The Bertz CT molecular complexity index is 538. The lowest BCUT2D eigenvalue weighted by Crippen LogP contribution is -2.41. The van der Waals surface area contributed by atoms with E-state index in [1.165, 1.54) is 44.2 Å². The fourth-order valence-corrected chi connectivity index (χ4v) is 4.09. The van der Waals surface area contributed by atoms with Crippen molar-refractivity contribution in [2.75, 3.05) is 33.8 Å². The van der Waals surface area contributed by atoms with E-state index in [1.807, 2.05) is 19.2 Å². The SMILES string of the molecule is CN=C(NCCc1ccc(OC)cc1)N1CCC2(CCCC2)C1.I. The second kappa shape index (κ2) is 8.92. The number of hydrogen-bond acceptors (Lipinski definition) is 2. The predicted octanol–water partition coefficient (Wildman–Crippen LogP) is 3.70. The largest absolute Gasteiger partial charge is 0.497 e. The predicted molar refractivity (Wildman–Crippen MR) is 111 cm³/mol. The zero-order chi connectivity index (χ0) is 16.1. The Hall–Kier alpha value is -0.980. The highest BCUT2D eigenvalue weighted by molar-refractivity contribution is 14.0. The summed E-state index contributed by atoms with van der Waals surface area (Å²) in [6, 6.07) is 8.31. The highest BCUT2D eigenvalue weighted by atomic mass is 127. The molecule has 3 rings (SSSR count). The molecule has 1 spiro atoms. The Morgan fingerprint density at radius 3 is 2.54 bits per heavy atom. The van der Waals surface area contributed by atoms with Crippen LogP contribution in [-0.4, -0.2) is 44.7 Å². The molecular formula is C19H30IN3O. The van der Waals surface area contributed by atoms with Gasteiger partial charge in [-0.05, 0) is 48.8 Å². The number of ether oxygens (including phenoxy) is 1. The number of benzene rings is 1. The van der Waals surface area contributed by atoms with E-state index in [1.54, 1.807) is 7.11 Å². The molecule has 1 aliphatic carbocycles. The van der Waals surface area contributed by atoms with E-state index in [4.69, 9.17) is 4.74 Å². The summed E-state index contributed by atoms with van der Waals surface area (Å²) in [7, 11) is 3.60. The highest BCUT2D eigenvalue weighted by Crippen LogP contribution is 2.45. The van der Waals surface area contributed by atoms with E-state index in [0.29, 0.717) is 5.41 Å². The van der Waals surface area contributed by atoms with Crippen LogP contribution >= 0.6 is 24.0 Å². The summed E-state index contributed by atoms with van der Waals surface area (Å²) in [5, 5.41) is 3.54. The van der Waals surface area contributed by atoms with Crippen LogP contribution < -0.4 is 10.1 Å². The Balaban J connectivity index is 0.00000208. The topological polar surface area (TPSA) is 36.9 Å². The van der Waals surface area contributed by atoms with Crippen molar-refractivity contribution in [1.82, 2.24) is 10.2 Å². The van der Waals surface area contributed by atoms with Crippen molar-refractivity contribution >= 4 is 29.9 Å². The van der Waals surface area contributed by atoms with Gasteiger partial charge < -0.3 is 15.0 Å². The highest BCUT2D eigenvalue weighted by Gasteiger charge is 2.40. The summed E-state index contributed by atoms with van der Waals surface area (Å²) >= 11 is 0. The maximum Gasteiger partial charge on any atom is 0.193 e. The summed E-state index contributed by atoms with van der Waals surface area (Å²) < 4.78 is 5.20. The van der Waals surface area contributed by atoms with Gasteiger partial charge >= 0.3 is 0 Å². The van der Waals surface area contributed by atoms with E-state index in [9.17, 15) is 0 Å². The van der Waals surface area contributed by atoms with Crippen LogP contribution in [0.3, 0.4) is 0 Å². The maximum atomic E-state index is 5.20. The quantitative estimate of drug-likeness (QED) is 0.438. The molecule has 1 aromatic rings. The first kappa shape index (κ1) is 19.3. The molecule has 134 valence electrons. The third-order valence-corrected chi connectivity index (χ3v) is 5.47. The molecule has 1 aromatic carbocycles. The molecule has 1 N–H and O–H groups in total. The van der Waals surface area contributed by atoms with Crippen molar-refractivity contribution in [3.8, 4) is 5.75 Å². The van der Waals surface area contributed by atoms with Crippen LogP contribution in [0.2, 0.25) is 0 Å². The summed E-state index contributed by atoms with van der Waals surface area (Å²) in [5.74, 6) is 1.98. The van der Waals surface area contributed by atoms with E-state index < -0.39 is 0 Å². The summed E-state index contributed by atoms with van der Waals surface area (Å²) in [5.41, 5.74) is 1.91. The van der Waals surface area contributed by atoms with E-state index in [2.05, 4.69) is 27.3 Å². The van der Waals surface area contributed by atoms with Gasteiger partial charge in [0.25, 0.3) is 0 Å². The molecule has 1 saturated carbocycles. The normalized spacial score (nSPS) is 19.4. The number of nitrogens with one attached hydrogen (secondary N) is 1. The van der Waals surface area contributed by atoms with Gasteiger partial charge in [0, 0.05) is 26.7 Å². The standard InChI is InChI=1S/C19H29N3O.HI/c1-20-18(22-14-12-19(15-22)10-3-4-11-19)21-13-9-16-5-7-17(23-2)8-6-16;/h5-8H,3-4,9-15H2,1-2H3,(H,20,21);1H. The lowest BCUT2D eigenvalue weighted by atomic mass is 9.86. The van der Waals surface area contributed by atoms with Crippen LogP contribution in [0.25, 0.3) is 0 Å². The summed E-state index contributed by atoms with van der Waals surface area (Å²) in [6.07, 6.45) is 7.99. The van der Waals surface area contributed by atoms with Crippen LogP contribution in [0, 0.1) is 5.41 Å². The minimum Gasteiger partial charge on any atom is -0.497 e. The molecule has 2 fully saturated rings. The minimum atomic E-state index is 0. The number of nitrogens with zero attached hydrogens (tertiary/aromatic N) is 2. The molecule has 1 aliphatic heterocycles. The third kappa shape index (κ3) is 4.55. The fourth-order valence-electron chi connectivity index (χ4n) is 4.09. The third-order valence-electron chi connectivity index (χ3n) is 5.47.